The highest BCUT2D eigenvalue weighted by molar-refractivity contribution is 8.26. The topological polar surface area (TPSA) is 101 Å². The predicted octanol–water partition coefficient (Wildman–Crippen LogP) is 2.80. The summed E-state index contributed by atoms with van der Waals surface area (Å²) >= 11 is 6.01. The van der Waals surface area contributed by atoms with Gasteiger partial charge in [0.15, 0.2) is 0 Å². The summed E-state index contributed by atoms with van der Waals surface area (Å²) in [5.41, 5.74) is -0.362. The standard InChI is InChI=1S/C14H11FN2O5S2/c15-9-3-4-10(17(21)22)8(6-9)7-11-13(20)16(14(23)24-11)5-1-2-12(18)19/h3-4,6-7H,1-2,5H2,(H,18,19)/b11-7-. The summed E-state index contributed by atoms with van der Waals surface area (Å²) in [6.07, 6.45) is 1.35. The number of benzene rings is 1. The summed E-state index contributed by atoms with van der Waals surface area (Å²) in [7, 11) is 0. The quantitative estimate of drug-likeness (QED) is 0.356. The number of nitro benzene ring substituents is 1. The molecule has 126 valence electrons. The highest BCUT2D eigenvalue weighted by atomic mass is 32.2. The third-order valence-corrected chi connectivity index (χ3v) is 4.50. The molecule has 7 nitrogen and oxygen atoms in total. The number of hydrogen-bond donors (Lipinski definition) is 1. The predicted molar refractivity (Wildman–Crippen MR) is 89.8 cm³/mol. The van der Waals surface area contributed by atoms with Crippen molar-refractivity contribution in [2.45, 2.75) is 12.8 Å². The monoisotopic (exact) mass is 370 g/mol. The lowest BCUT2D eigenvalue weighted by Crippen LogP contribution is -2.29. The van der Waals surface area contributed by atoms with E-state index in [0.717, 1.165) is 30.0 Å². The summed E-state index contributed by atoms with van der Waals surface area (Å²) in [4.78, 5) is 34.5. The first-order valence-corrected chi connectivity index (χ1v) is 7.93. The van der Waals surface area contributed by atoms with Gasteiger partial charge >= 0.3 is 5.97 Å². The van der Waals surface area contributed by atoms with Crippen molar-refractivity contribution >= 4 is 51.9 Å². The van der Waals surface area contributed by atoms with Crippen molar-refractivity contribution in [1.29, 1.82) is 0 Å². The highest BCUT2D eigenvalue weighted by Crippen LogP contribution is 2.34. The number of aliphatic carboxylic acids is 1. The molecule has 1 amide bonds. The summed E-state index contributed by atoms with van der Waals surface area (Å²) in [6, 6.07) is 2.95. The van der Waals surface area contributed by atoms with E-state index in [2.05, 4.69) is 0 Å². The van der Waals surface area contributed by atoms with Gasteiger partial charge < -0.3 is 5.11 Å². The van der Waals surface area contributed by atoms with Crippen LogP contribution in [0.5, 0.6) is 0 Å². The molecule has 2 rings (SSSR count). The Balaban J connectivity index is 2.24. The molecule has 1 aromatic rings. The summed E-state index contributed by atoms with van der Waals surface area (Å²) in [6.45, 7) is 0.138. The van der Waals surface area contributed by atoms with Crippen LogP contribution >= 0.6 is 24.0 Å². The number of thiocarbonyl (C=S) groups is 1. The van der Waals surface area contributed by atoms with Gasteiger partial charge in [-0.15, -0.1) is 0 Å². The maximum absolute atomic E-state index is 13.3. The van der Waals surface area contributed by atoms with E-state index in [1.807, 2.05) is 0 Å². The lowest BCUT2D eigenvalue weighted by atomic mass is 10.1. The Kier molecular flexibility index (Phi) is 5.62. The van der Waals surface area contributed by atoms with Gasteiger partial charge in [0, 0.05) is 19.0 Å². The molecule has 1 N–H and O–H groups in total. The number of nitro groups is 1. The summed E-state index contributed by atoms with van der Waals surface area (Å²) in [5, 5.41) is 19.6. The van der Waals surface area contributed by atoms with Crippen LogP contribution in [0.3, 0.4) is 0 Å². The SMILES string of the molecule is O=C(O)CCCN1C(=O)/C(=C/c2cc(F)ccc2[N+](=O)[O-])SC1=S. The maximum Gasteiger partial charge on any atom is 0.303 e. The molecular formula is C14H11FN2O5S2. The molecule has 0 saturated carbocycles. The second kappa shape index (κ2) is 7.49. The van der Waals surface area contributed by atoms with Crippen LogP contribution in [0.15, 0.2) is 23.1 Å². The van der Waals surface area contributed by atoms with E-state index >= 15 is 0 Å². The average Bonchev–Trinajstić information content (AvgIpc) is 2.74. The number of carboxylic acid groups (broad SMARTS) is 1. The molecule has 1 fully saturated rings. The largest absolute Gasteiger partial charge is 0.481 e. The Morgan fingerprint density at radius 2 is 2.21 bits per heavy atom. The lowest BCUT2D eigenvalue weighted by Gasteiger charge is -2.13. The van der Waals surface area contributed by atoms with E-state index in [4.69, 9.17) is 17.3 Å². The Morgan fingerprint density at radius 1 is 1.50 bits per heavy atom. The molecule has 1 aromatic carbocycles. The summed E-state index contributed by atoms with van der Waals surface area (Å²) in [5.74, 6) is -2.12. The van der Waals surface area contributed by atoms with Crippen molar-refractivity contribution in [3.63, 3.8) is 0 Å². The van der Waals surface area contributed by atoms with Crippen LogP contribution < -0.4 is 0 Å². The number of halogens is 1. The number of rotatable bonds is 6. The molecule has 0 spiro atoms. The van der Waals surface area contributed by atoms with Crippen LogP contribution in [-0.2, 0) is 9.59 Å². The van der Waals surface area contributed by atoms with Crippen molar-refractivity contribution < 1.29 is 24.0 Å². The first kappa shape index (κ1) is 18.0. The fourth-order valence-electron chi connectivity index (χ4n) is 2.03. The zero-order valence-corrected chi connectivity index (χ0v) is 13.7. The molecule has 0 bridgehead atoms. The number of carboxylic acids is 1. The number of carbonyl (C=O) groups excluding carboxylic acids is 1. The second-order valence-corrected chi connectivity index (χ2v) is 6.47. The first-order valence-electron chi connectivity index (χ1n) is 6.70. The van der Waals surface area contributed by atoms with E-state index in [1.54, 1.807) is 0 Å². The fourth-order valence-corrected chi connectivity index (χ4v) is 3.33. The molecule has 1 saturated heterocycles. The van der Waals surface area contributed by atoms with E-state index < -0.39 is 22.6 Å². The van der Waals surface area contributed by atoms with E-state index in [9.17, 15) is 24.1 Å². The lowest BCUT2D eigenvalue weighted by molar-refractivity contribution is -0.385. The maximum atomic E-state index is 13.3. The van der Waals surface area contributed by atoms with Gasteiger partial charge in [-0.05, 0) is 24.6 Å². The minimum absolute atomic E-state index is 0.0361. The van der Waals surface area contributed by atoms with E-state index in [0.29, 0.717) is 0 Å². The second-order valence-electron chi connectivity index (χ2n) is 4.79. The number of amides is 1. The molecular weight excluding hydrogens is 359 g/mol. The van der Waals surface area contributed by atoms with Crippen LogP contribution in [0.2, 0.25) is 0 Å². The Bertz CT molecular complexity index is 766. The van der Waals surface area contributed by atoms with Crippen LogP contribution in [-0.4, -0.2) is 37.7 Å². The fraction of sp³-hybridized carbons (Fsp3) is 0.214. The van der Waals surface area contributed by atoms with Crippen LogP contribution in [0.1, 0.15) is 18.4 Å². The van der Waals surface area contributed by atoms with Gasteiger partial charge in [0.1, 0.15) is 10.1 Å². The summed E-state index contributed by atoms with van der Waals surface area (Å²) < 4.78 is 13.6. The van der Waals surface area contributed by atoms with Crippen molar-refractivity contribution in [3.05, 3.63) is 44.6 Å². The van der Waals surface area contributed by atoms with E-state index in [1.165, 1.54) is 11.0 Å². The normalized spacial score (nSPS) is 16.0. The molecule has 0 aliphatic carbocycles. The number of hydrogen-bond acceptors (Lipinski definition) is 6. The molecule has 0 atom stereocenters. The van der Waals surface area contributed by atoms with Crippen LogP contribution in [0.25, 0.3) is 6.08 Å². The minimum Gasteiger partial charge on any atom is -0.481 e. The van der Waals surface area contributed by atoms with Crippen molar-refractivity contribution in [2.24, 2.45) is 0 Å². The third kappa shape index (κ3) is 4.15. The molecule has 0 unspecified atom stereocenters. The highest BCUT2D eigenvalue weighted by Gasteiger charge is 2.32. The smallest absolute Gasteiger partial charge is 0.303 e. The van der Waals surface area contributed by atoms with E-state index in [-0.39, 0.29) is 39.9 Å². The first-order chi connectivity index (χ1) is 11.3. The van der Waals surface area contributed by atoms with Gasteiger partial charge in [-0.3, -0.25) is 24.6 Å². The van der Waals surface area contributed by atoms with Crippen molar-refractivity contribution in [1.82, 2.24) is 4.90 Å². The number of thioether (sulfide) groups is 1. The Morgan fingerprint density at radius 3 is 2.83 bits per heavy atom. The molecule has 0 aromatic heterocycles. The third-order valence-electron chi connectivity index (χ3n) is 3.12. The Labute approximate surface area is 145 Å². The molecule has 1 heterocycles. The average molecular weight is 370 g/mol. The van der Waals surface area contributed by atoms with Crippen LogP contribution in [0, 0.1) is 15.9 Å². The zero-order valence-electron chi connectivity index (χ0n) is 12.1. The van der Waals surface area contributed by atoms with Gasteiger partial charge in [-0.1, -0.05) is 24.0 Å². The molecule has 1 aliphatic rings. The molecule has 24 heavy (non-hydrogen) atoms. The molecule has 0 radical (unpaired) electrons. The van der Waals surface area contributed by atoms with Crippen molar-refractivity contribution in [3.8, 4) is 0 Å². The molecule has 1 aliphatic heterocycles. The van der Waals surface area contributed by atoms with Gasteiger partial charge in [0.25, 0.3) is 11.6 Å². The molecule has 10 heteroatoms. The zero-order chi connectivity index (χ0) is 17.9. The van der Waals surface area contributed by atoms with Gasteiger partial charge in [0.05, 0.1) is 15.4 Å². The minimum atomic E-state index is -0.980. The van der Waals surface area contributed by atoms with Crippen molar-refractivity contribution in [2.75, 3.05) is 6.54 Å². The van der Waals surface area contributed by atoms with Gasteiger partial charge in [-0.25, -0.2) is 4.39 Å². The van der Waals surface area contributed by atoms with Gasteiger partial charge in [-0.2, -0.15) is 0 Å². The van der Waals surface area contributed by atoms with Gasteiger partial charge in [0.2, 0.25) is 0 Å². The number of carbonyl (C=O) groups is 2. The Hall–Kier alpha value is -2.33. The number of nitrogens with zero attached hydrogens (tertiary/aromatic N) is 2. The van der Waals surface area contributed by atoms with Crippen LogP contribution in [0.4, 0.5) is 10.1 Å².